The second-order valence-corrected chi connectivity index (χ2v) is 5.84. The van der Waals surface area contributed by atoms with Crippen LogP contribution in [0.15, 0.2) is 12.1 Å². The van der Waals surface area contributed by atoms with Gasteiger partial charge in [-0.3, -0.25) is 4.79 Å². The van der Waals surface area contributed by atoms with E-state index in [9.17, 15) is 4.79 Å². The minimum atomic E-state index is 0.0784. The van der Waals surface area contributed by atoms with Crippen LogP contribution in [-0.2, 0) is 11.2 Å². The Kier molecular flexibility index (Phi) is 5.90. The SMILES string of the molecule is CCCCCCCCNc1cc2c(cc1N)NC(=O)CC2. The molecule has 0 spiro atoms. The Morgan fingerprint density at radius 2 is 1.90 bits per heavy atom. The molecule has 1 amide bonds. The molecular weight excluding hydrogens is 262 g/mol. The number of carbonyl (C=O) groups is 1. The van der Waals surface area contributed by atoms with Gasteiger partial charge in [0.2, 0.25) is 5.91 Å². The number of unbranched alkanes of at least 4 members (excludes halogenated alkanes) is 5. The standard InChI is InChI=1S/C17H27N3O/c1-2-3-4-5-6-7-10-19-16-11-13-8-9-17(21)20-15(13)12-14(16)18/h11-12,19H,2-10,18H2,1H3,(H,20,21). The predicted octanol–water partition coefficient (Wildman–Crippen LogP) is 3.93. The summed E-state index contributed by atoms with van der Waals surface area (Å²) in [5.74, 6) is 0.0784. The molecule has 0 saturated carbocycles. The molecule has 0 aliphatic carbocycles. The Bertz CT molecular complexity index is 485. The average Bonchev–Trinajstić information content (AvgIpc) is 2.47. The van der Waals surface area contributed by atoms with Crippen LogP contribution in [-0.4, -0.2) is 12.5 Å². The van der Waals surface area contributed by atoms with Gasteiger partial charge in [-0.1, -0.05) is 39.0 Å². The van der Waals surface area contributed by atoms with Crippen molar-refractivity contribution in [2.45, 2.75) is 58.3 Å². The summed E-state index contributed by atoms with van der Waals surface area (Å²) in [6, 6.07) is 3.96. The molecule has 0 saturated heterocycles. The lowest BCUT2D eigenvalue weighted by atomic mass is 10.0. The van der Waals surface area contributed by atoms with Crippen molar-refractivity contribution < 1.29 is 4.79 Å². The van der Waals surface area contributed by atoms with Crippen molar-refractivity contribution in [3.05, 3.63) is 17.7 Å². The first kappa shape index (κ1) is 15.7. The van der Waals surface area contributed by atoms with Crippen molar-refractivity contribution in [1.82, 2.24) is 0 Å². The van der Waals surface area contributed by atoms with E-state index < -0.39 is 0 Å². The molecule has 116 valence electrons. The highest BCUT2D eigenvalue weighted by Gasteiger charge is 2.16. The van der Waals surface area contributed by atoms with Gasteiger partial charge >= 0.3 is 0 Å². The van der Waals surface area contributed by atoms with E-state index in [4.69, 9.17) is 5.73 Å². The van der Waals surface area contributed by atoms with Gasteiger partial charge in [0.05, 0.1) is 11.4 Å². The summed E-state index contributed by atoms with van der Waals surface area (Å²) in [5.41, 5.74) is 9.81. The lowest BCUT2D eigenvalue weighted by molar-refractivity contribution is -0.116. The van der Waals surface area contributed by atoms with Gasteiger partial charge in [0.1, 0.15) is 0 Å². The highest BCUT2D eigenvalue weighted by Crippen LogP contribution is 2.30. The van der Waals surface area contributed by atoms with Crippen LogP contribution in [0.4, 0.5) is 17.1 Å². The Morgan fingerprint density at radius 3 is 2.71 bits per heavy atom. The fraction of sp³-hybridized carbons (Fsp3) is 0.588. The van der Waals surface area contributed by atoms with Crippen molar-refractivity contribution >= 4 is 23.0 Å². The number of benzene rings is 1. The number of nitrogens with two attached hydrogens (primary N) is 1. The fourth-order valence-corrected chi connectivity index (χ4v) is 2.73. The normalized spacial score (nSPS) is 13.7. The molecule has 0 aromatic heterocycles. The number of nitrogen functional groups attached to an aromatic ring is 1. The molecule has 4 N–H and O–H groups in total. The van der Waals surface area contributed by atoms with Gasteiger partial charge in [-0.05, 0) is 30.5 Å². The molecule has 1 aromatic carbocycles. The minimum Gasteiger partial charge on any atom is -0.397 e. The smallest absolute Gasteiger partial charge is 0.224 e. The summed E-state index contributed by atoms with van der Waals surface area (Å²) in [6.07, 6.45) is 9.11. The van der Waals surface area contributed by atoms with Crippen LogP contribution >= 0.6 is 0 Å². The van der Waals surface area contributed by atoms with Gasteiger partial charge < -0.3 is 16.4 Å². The molecule has 0 bridgehead atoms. The number of fused-ring (bicyclic) bond motifs is 1. The highest BCUT2D eigenvalue weighted by atomic mass is 16.1. The lowest BCUT2D eigenvalue weighted by Gasteiger charge is -2.19. The van der Waals surface area contributed by atoms with Crippen molar-refractivity contribution in [3.8, 4) is 0 Å². The van der Waals surface area contributed by atoms with Crippen molar-refractivity contribution in [2.75, 3.05) is 22.9 Å². The van der Waals surface area contributed by atoms with Gasteiger partial charge in [0, 0.05) is 18.7 Å². The number of carbonyl (C=O) groups excluding carboxylic acids is 1. The molecule has 4 nitrogen and oxygen atoms in total. The average molecular weight is 289 g/mol. The zero-order valence-electron chi connectivity index (χ0n) is 13.0. The number of rotatable bonds is 8. The number of hydrogen-bond donors (Lipinski definition) is 3. The third kappa shape index (κ3) is 4.66. The van der Waals surface area contributed by atoms with E-state index in [0.29, 0.717) is 12.1 Å². The number of anilines is 3. The molecule has 1 aliphatic rings. The molecular formula is C17H27N3O. The molecule has 0 fully saturated rings. The first-order chi connectivity index (χ1) is 10.2. The Balaban J connectivity index is 1.80. The monoisotopic (exact) mass is 289 g/mol. The highest BCUT2D eigenvalue weighted by molar-refractivity contribution is 5.95. The summed E-state index contributed by atoms with van der Waals surface area (Å²) in [4.78, 5) is 11.4. The van der Waals surface area contributed by atoms with Gasteiger partial charge in [-0.15, -0.1) is 0 Å². The molecule has 0 unspecified atom stereocenters. The van der Waals surface area contributed by atoms with Crippen molar-refractivity contribution in [2.24, 2.45) is 0 Å². The lowest BCUT2D eigenvalue weighted by Crippen LogP contribution is -2.19. The van der Waals surface area contributed by atoms with E-state index in [0.717, 1.165) is 24.3 Å². The number of aryl methyl sites for hydroxylation is 1. The number of nitrogens with one attached hydrogen (secondary N) is 2. The first-order valence-electron chi connectivity index (χ1n) is 8.17. The molecule has 2 rings (SSSR count). The van der Waals surface area contributed by atoms with Gasteiger partial charge in [-0.25, -0.2) is 0 Å². The van der Waals surface area contributed by atoms with Crippen LogP contribution in [0.25, 0.3) is 0 Å². The quantitative estimate of drug-likeness (QED) is 0.502. The molecule has 0 radical (unpaired) electrons. The van der Waals surface area contributed by atoms with E-state index in [1.54, 1.807) is 0 Å². The zero-order chi connectivity index (χ0) is 15.1. The maximum Gasteiger partial charge on any atom is 0.224 e. The Labute approximate surface area is 127 Å². The predicted molar refractivity (Wildman–Crippen MR) is 89.7 cm³/mol. The van der Waals surface area contributed by atoms with Crippen molar-refractivity contribution in [3.63, 3.8) is 0 Å². The van der Waals surface area contributed by atoms with Gasteiger partial charge in [-0.2, -0.15) is 0 Å². The van der Waals surface area contributed by atoms with Gasteiger partial charge in [0.15, 0.2) is 0 Å². The zero-order valence-corrected chi connectivity index (χ0v) is 13.0. The number of amides is 1. The largest absolute Gasteiger partial charge is 0.397 e. The first-order valence-corrected chi connectivity index (χ1v) is 8.17. The van der Waals surface area contributed by atoms with Crippen molar-refractivity contribution in [1.29, 1.82) is 0 Å². The summed E-state index contributed by atoms with van der Waals surface area (Å²) < 4.78 is 0. The second kappa shape index (κ2) is 7.91. The van der Waals surface area contributed by atoms with E-state index in [2.05, 4.69) is 23.6 Å². The van der Waals surface area contributed by atoms with Crippen LogP contribution in [0.1, 0.15) is 57.4 Å². The summed E-state index contributed by atoms with van der Waals surface area (Å²) >= 11 is 0. The summed E-state index contributed by atoms with van der Waals surface area (Å²) in [5, 5.41) is 6.30. The van der Waals surface area contributed by atoms with Crippen LogP contribution in [0.3, 0.4) is 0 Å². The maximum absolute atomic E-state index is 11.4. The topological polar surface area (TPSA) is 67.2 Å². The number of hydrogen-bond acceptors (Lipinski definition) is 3. The molecule has 1 aromatic rings. The van der Waals surface area contributed by atoms with E-state index in [1.165, 1.54) is 44.1 Å². The van der Waals surface area contributed by atoms with Crippen LogP contribution < -0.4 is 16.4 Å². The second-order valence-electron chi connectivity index (χ2n) is 5.84. The molecule has 0 atom stereocenters. The third-order valence-electron chi connectivity index (χ3n) is 4.02. The fourth-order valence-electron chi connectivity index (χ4n) is 2.73. The summed E-state index contributed by atoms with van der Waals surface area (Å²) in [7, 11) is 0. The molecule has 21 heavy (non-hydrogen) atoms. The summed E-state index contributed by atoms with van der Waals surface area (Å²) in [6.45, 7) is 3.20. The maximum atomic E-state index is 11.4. The van der Waals surface area contributed by atoms with E-state index >= 15 is 0 Å². The Hall–Kier alpha value is -1.71. The Morgan fingerprint density at radius 1 is 1.14 bits per heavy atom. The molecule has 4 heteroatoms. The van der Waals surface area contributed by atoms with E-state index in [-0.39, 0.29) is 5.91 Å². The third-order valence-corrected chi connectivity index (χ3v) is 4.02. The van der Waals surface area contributed by atoms with Crippen LogP contribution in [0.5, 0.6) is 0 Å². The molecule has 1 heterocycles. The minimum absolute atomic E-state index is 0.0784. The van der Waals surface area contributed by atoms with Crippen LogP contribution in [0, 0.1) is 0 Å². The van der Waals surface area contributed by atoms with Crippen LogP contribution in [0.2, 0.25) is 0 Å². The van der Waals surface area contributed by atoms with E-state index in [1.807, 2.05) is 6.07 Å². The molecule has 1 aliphatic heterocycles. The van der Waals surface area contributed by atoms with Gasteiger partial charge in [0.25, 0.3) is 0 Å².